The summed E-state index contributed by atoms with van der Waals surface area (Å²) in [6, 6.07) is 0. The Labute approximate surface area is 123 Å². The predicted molar refractivity (Wildman–Crippen MR) is 79.9 cm³/mol. The molecule has 19 heavy (non-hydrogen) atoms. The molecular formula is C14H24BrN3O. The Kier molecular flexibility index (Phi) is 5.03. The zero-order valence-electron chi connectivity index (χ0n) is 11.9. The maximum Gasteiger partial charge on any atom is 0.0897 e. The summed E-state index contributed by atoms with van der Waals surface area (Å²) < 4.78 is 8.79. The fraction of sp³-hybridized carbons (Fsp3) is 0.786. The summed E-state index contributed by atoms with van der Waals surface area (Å²) in [5.74, 6) is 0. The number of ether oxygens (including phenoxy) is 1. The van der Waals surface area contributed by atoms with E-state index in [4.69, 9.17) is 10.5 Å². The first-order valence-corrected chi connectivity index (χ1v) is 7.86. The van der Waals surface area contributed by atoms with Gasteiger partial charge in [0.1, 0.15) is 0 Å². The van der Waals surface area contributed by atoms with Gasteiger partial charge in [0.25, 0.3) is 0 Å². The zero-order valence-corrected chi connectivity index (χ0v) is 13.5. The molecule has 0 radical (unpaired) electrons. The summed E-state index contributed by atoms with van der Waals surface area (Å²) >= 11 is 3.56. The van der Waals surface area contributed by atoms with Crippen molar-refractivity contribution in [3.63, 3.8) is 0 Å². The molecule has 0 aliphatic heterocycles. The van der Waals surface area contributed by atoms with Gasteiger partial charge in [-0.3, -0.25) is 4.68 Å². The molecule has 1 heterocycles. The number of rotatable bonds is 4. The van der Waals surface area contributed by atoms with Crippen LogP contribution in [0.25, 0.3) is 0 Å². The number of nitrogens with zero attached hydrogens (tertiary/aromatic N) is 2. The lowest BCUT2D eigenvalue weighted by Gasteiger charge is -2.27. The Morgan fingerprint density at radius 2 is 1.95 bits per heavy atom. The summed E-state index contributed by atoms with van der Waals surface area (Å²) in [4.78, 5) is 0. The van der Waals surface area contributed by atoms with Crippen molar-refractivity contribution in [2.24, 2.45) is 12.8 Å². The second kappa shape index (κ2) is 6.37. The second-order valence-corrected chi connectivity index (χ2v) is 6.53. The molecule has 0 atom stereocenters. The SMILES string of the molecule is Cc1nn(C)c(COCC2(N)CCCCCC2)c1Br. The molecule has 0 aromatic carbocycles. The number of hydrogen-bond acceptors (Lipinski definition) is 3. The maximum atomic E-state index is 6.45. The second-order valence-electron chi connectivity index (χ2n) is 5.74. The lowest BCUT2D eigenvalue weighted by atomic mass is 9.93. The Balaban J connectivity index is 1.88. The molecule has 0 bridgehead atoms. The van der Waals surface area contributed by atoms with Crippen LogP contribution in [0.1, 0.15) is 49.9 Å². The van der Waals surface area contributed by atoms with E-state index in [1.165, 1.54) is 25.7 Å². The van der Waals surface area contributed by atoms with Crippen LogP contribution in [0.3, 0.4) is 0 Å². The van der Waals surface area contributed by atoms with Gasteiger partial charge < -0.3 is 10.5 Å². The number of nitrogens with two attached hydrogens (primary N) is 1. The third-order valence-electron chi connectivity index (χ3n) is 3.99. The van der Waals surface area contributed by atoms with Gasteiger partial charge in [-0.2, -0.15) is 5.10 Å². The van der Waals surface area contributed by atoms with E-state index in [1.54, 1.807) is 0 Å². The van der Waals surface area contributed by atoms with Crippen LogP contribution in [0.15, 0.2) is 4.47 Å². The van der Waals surface area contributed by atoms with Gasteiger partial charge in [-0.15, -0.1) is 0 Å². The average Bonchev–Trinajstić information content (AvgIpc) is 2.56. The molecule has 1 fully saturated rings. The van der Waals surface area contributed by atoms with Crippen molar-refractivity contribution in [1.29, 1.82) is 0 Å². The molecule has 4 nitrogen and oxygen atoms in total. The van der Waals surface area contributed by atoms with Crippen molar-refractivity contribution in [2.45, 2.75) is 57.6 Å². The number of aromatic nitrogens is 2. The molecule has 108 valence electrons. The summed E-state index contributed by atoms with van der Waals surface area (Å²) in [6.07, 6.45) is 7.25. The lowest BCUT2D eigenvalue weighted by Crippen LogP contribution is -2.44. The Hall–Kier alpha value is -0.390. The van der Waals surface area contributed by atoms with Gasteiger partial charge in [-0.25, -0.2) is 0 Å². The monoisotopic (exact) mass is 329 g/mol. The van der Waals surface area contributed by atoms with Gasteiger partial charge in [0.05, 0.1) is 29.1 Å². The molecule has 2 rings (SSSR count). The van der Waals surface area contributed by atoms with E-state index in [0.29, 0.717) is 13.2 Å². The smallest absolute Gasteiger partial charge is 0.0897 e. The molecule has 1 aliphatic carbocycles. The molecule has 1 saturated carbocycles. The van der Waals surface area contributed by atoms with Crippen LogP contribution in [0.4, 0.5) is 0 Å². The lowest BCUT2D eigenvalue weighted by molar-refractivity contribution is 0.0629. The van der Waals surface area contributed by atoms with Crippen molar-refractivity contribution in [3.05, 3.63) is 15.9 Å². The van der Waals surface area contributed by atoms with Gasteiger partial charge in [-0.05, 0) is 35.7 Å². The highest BCUT2D eigenvalue weighted by Gasteiger charge is 2.26. The molecule has 0 spiro atoms. The quantitative estimate of drug-likeness (QED) is 0.863. The van der Waals surface area contributed by atoms with Gasteiger partial charge in [0, 0.05) is 12.6 Å². The van der Waals surface area contributed by atoms with E-state index in [9.17, 15) is 0 Å². The first-order chi connectivity index (χ1) is 9.02. The molecule has 5 heteroatoms. The van der Waals surface area contributed by atoms with Crippen LogP contribution in [0.2, 0.25) is 0 Å². The van der Waals surface area contributed by atoms with E-state index in [0.717, 1.165) is 28.7 Å². The Morgan fingerprint density at radius 1 is 1.32 bits per heavy atom. The van der Waals surface area contributed by atoms with Crippen molar-refractivity contribution in [1.82, 2.24) is 9.78 Å². The van der Waals surface area contributed by atoms with Crippen LogP contribution >= 0.6 is 15.9 Å². The van der Waals surface area contributed by atoms with E-state index < -0.39 is 0 Å². The van der Waals surface area contributed by atoms with Gasteiger partial charge in [0.15, 0.2) is 0 Å². The molecule has 1 aromatic rings. The maximum absolute atomic E-state index is 6.45. The molecule has 0 saturated heterocycles. The molecule has 2 N–H and O–H groups in total. The fourth-order valence-corrected chi connectivity index (χ4v) is 3.22. The molecular weight excluding hydrogens is 306 g/mol. The highest BCUT2D eigenvalue weighted by molar-refractivity contribution is 9.10. The van der Waals surface area contributed by atoms with Gasteiger partial charge in [-0.1, -0.05) is 25.7 Å². The van der Waals surface area contributed by atoms with Crippen LogP contribution in [-0.2, 0) is 18.4 Å². The van der Waals surface area contributed by atoms with E-state index in [1.807, 2.05) is 18.7 Å². The van der Waals surface area contributed by atoms with Crippen molar-refractivity contribution in [2.75, 3.05) is 6.61 Å². The molecule has 1 aliphatic rings. The van der Waals surface area contributed by atoms with Crippen LogP contribution in [0, 0.1) is 6.92 Å². The van der Waals surface area contributed by atoms with Crippen molar-refractivity contribution < 1.29 is 4.74 Å². The van der Waals surface area contributed by atoms with Gasteiger partial charge >= 0.3 is 0 Å². The van der Waals surface area contributed by atoms with Crippen molar-refractivity contribution in [3.8, 4) is 0 Å². The number of hydrogen-bond donors (Lipinski definition) is 1. The first kappa shape index (κ1) is 15.0. The minimum absolute atomic E-state index is 0.128. The largest absolute Gasteiger partial charge is 0.373 e. The summed E-state index contributed by atoms with van der Waals surface area (Å²) in [7, 11) is 1.94. The summed E-state index contributed by atoms with van der Waals surface area (Å²) in [6.45, 7) is 3.20. The molecule has 1 aromatic heterocycles. The van der Waals surface area contributed by atoms with Crippen LogP contribution in [-0.4, -0.2) is 21.9 Å². The van der Waals surface area contributed by atoms with E-state index in [-0.39, 0.29) is 5.54 Å². The number of aryl methyl sites for hydroxylation is 2. The van der Waals surface area contributed by atoms with E-state index in [2.05, 4.69) is 21.0 Å². The summed E-state index contributed by atoms with van der Waals surface area (Å²) in [5.41, 5.74) is 8.39. The fourth-order valence-electron chi connectivity index (χ4n) is 2.76. The Morgan fingerprint density at radius 3 is 2.47 bits per heavy atom. The van der Waals surface area contributed by atoms with Crippen molar-refractivity contribution >= 4 is 15.9 Å². The summed E-state index contributed by atoms with van der Waals surface area (Å²) in [5, 5.41) is 4.37. The minimum Gasteiger partial charge on any atom is -0.373 e. The predicted octanol–water partition coefficient (Wildman–Crippen LogP) is 3.06. The molecule has 0 amide bonds. The van der Waals surface area contributed by atoms with Crippen LogP contribution in [0.5, 0.6) is 0 Å². The van der Waals surface area contributed by atoms with Crippen LogP contribution < -0.4 is 5.73 Å². The highest BCUT2D eigenvalue weighted by atomic mass is 79.9. The number of halogens is 1. The third kappa shape index (κ3) is 3.80. The average molecular weight is 330 g/mol. The minimum atomic E-state index is -0.128. The molecule has 0 unspecified atom stereocenters. The standard InChI is InChI=1S/C14H24BrN3O/c1-11-13(15)12(18(2)17-11)9-19-10-14(16)7-5-3-4-6-8-14/h3-10,16H2,1-2H3. The van der Waals surface area contributed by atoms with E-state index >= 15 is 0 Å². The topological polar surface area (TPSA) is 53.1 Å². The normalized spacial score (nSPS) is 19.4. The first-order valence-electron chi connectivity index (χ1n) is 7.06. The van der Waals surface area contributed by atoms with Gasteiger partial charge in [0.2, 0.25) is 0 Å². The highest BCUT2D eigenvalue weighted by Crippen LogP contribution is 2.26. The zero-order chi connectivity index (χ0) is 13.9. The third-order valence-corrected chi connectivity index (χ3v) is 5.02. The Bertz CT molecular complexity index is 423.